The van der Waals surface area contributed by atoms with E-state index in [9.17, 15) is 0 Å². The fraction of sp³-hybridized carbons (Fsp3) is 0.588. The van der Waals surface area contributed by atoms with Crippen LogP contribution in [0.25, 0.3) is 0 Å². The van der Waals surface area contributed by atoms with Crippen molar-refractivity contribution < 1.29 is 4.74 Å². The summed E-state index contributed by atoms with van der Waals surface area (Å²) >= 11 is 0. The molecule has 3 nitrogen and oxygen atoms in total. The maximum atomic E-state index is 8.80. The van der Waals surface area contributed by atoms with Crippen molar-refractivity contribution in [2.45, 2.75) is 31.6 Å². The summed E-state index contributed by atoms with van der Waals surface area (Å²) in [6, 6.07) is 11.1. The largest absolute Gasteiger partial charge is 0.383 e. The lowest BCUT2D eigenvalue weighted by Crippen LogP contribution is -2.33. The highest BCUT2D eigenvalue weighted by molar-refractivity contribution is 5.32. The molecule has 1 aromatic carbocycles. The summed E-state index contributed by atoms with van der Waals surface area (Å²) in [6.07, 6.45) is 4.34. The van der Waals surface area contributed by atoms with Gasteiger partial charge in [-0.2, -0.15) is 5.26 Å². The van der Waals surface area contributed by atoms with Crippen molar-refractivity contribution in [1.82, 2.24) is 4.90 Å². The third-order valence-electron chi connectivity index (χ3n) is 4.12. The molecule has 1 unspecified atom stereocenters. The maximum absolute atomic E-state index is 8.80. The summed E-state index contributed by atoms with van der Waals surface area (Å²) in [5.74, 6) is 0.607. The van der Waals surface area contributed by atoms with Crippen molar-refractivity contribution in [2.24, 2.45) is 0 Å². The van der Waals surface area contributed by atoms with Crippen molar-refractivity contribution in [3.8, 4) is 6.07 Å². The van der Waals surface area contributed by atoms with Crippen molar-refractivity contribution >= 4 is 0 Å². The smallest absolute Gasteiger partial charge is 0.0635 e. The van der Waals surface area contributed by atoms with E-state index in [1.807, 2.05) is 0 Å². The zero-order chi connectivity index (χ0) is 14.2. The second kappa shape index (κ2) is 8.04. The molecule has 0 radical (unpaired) electrons. The lowest BCUT2D eigenvalue weighted by atomic mass is 9.82. The number of nitriles is 1. The molecule has 0 fully saturated rings. The Labute approximate surface area is 122 Å². The monoisotopic (exact) mass is 272 g/mol. The third-order valence-corrected chi connectivity index (χ3v) is 4.12. The molecule has 1 aromatic rings. The Morgan fingerprint density at radius 2 is 2.20 bits per heavy atom. The molecule has 2 rings (SSSR count). The van der Waals surface area contributed by atoms with Gasteiger partial charge in [0.15, 0.2) is 0 Å². The average Bonchev–Trinajstić information content (AvgIpc) is 2.50. The number of aryl methyl sites for hydroxylation is 1. The predicted octanol–water partition coefficient (Wildman–Crippen LogP) is 2.97. The molecule has 108 valence electrons. The second-order valence-corrected chi connectivity index (χ2v) is 5.49. The van der Waals surface area contributed by atoms with Crippen LogP contribution in [0, 0.1) is 11.3 Å². The van der Waals surface area contributed by atoms with Crippen LogP contribution in [0.15, 0.2) is 24.3 Å². The van der Waals surface area contributed by atoms with E-state index < -0.39 is 0 Å². The Kier molecular flexibility index (Phi) is 6.04. The number of ether oxygens (including phenoxy) is 1. The summed E-state index contributed by atoms with van der Waals surface area (Å²) in [5.41, 5.74) is 3.02. The number of methoxy groups -OCH3 is 1. The molecule has 0 saturated heterocycles. The molecule has 0 spiro atoms. The van der Waals surface area contributed by atoms with Gasteiger partial charge in [0, 0.05) is 33.2 Å². The number of benzene rings is 1. The minimum Gasteiger partial charge on any atom is -0.383 e. The van der Waals surface area contributed by atoms with E-state index in [1.165, 1.54) is 30.4 Å². The van der Waals surface area contributed by atoms with Crippen LogP contribution in [-0.2, 0) is 11.2 Å². The van der Waals surface area contributed by atoms with Crippen LogP contribution in [-0.4, -0.2) is 38.3 Å². The van der Waals surface area contributed by atoms with Gasteiger partial charge in [0.2, 0.25) is 0 Å². The Balaban J connectivity index is 2.01. The number of hydrogen-bond acceptors (Lipinski definition) is 3. The van der Waals surface area contributed by atoms with Crippen LogP contribution in [0.1, 0.15) is 36.3 Å². The van der Waals surface area contributed by atoms with Gasteiger partial charge < -0.3 is 4.74 Å². The quantitative estimate of drug-likeness (QED) is 0.765. The molecule has 0 N–H and O–H groups in total. The van der Waals surface area contributed by atoms with E-state index in [-0.39, 0.29) is 0 Å². The van der Waals surface area contributed by atoms with Crippen molar-refractivity contribution in [2.75, 3.05) is 33.4 Å². The standard InChI is InChI=1S/C17H24N2O/c1-20-13-12-19(11-5-10-18)14-16-8-4-7-15-6-2-3-9-17(15)16/h2-3,6,9,16H,4-5,7-8,11-14H2,1H3. The Bertz CT molecular complexity index is 453. The molecule has 3 heteroatoms. The minimum absolute atomic E-state index is 0.595. The summed E-state index contributed by atoms with van der Waals surface area (Å²) in [7, 11) is 1.73. The highest BCUT2D eigenvalue weighted by Crippen LogP contribution is 2.32. The molecule has 1 aliphatic carbocycles. The zero-order valence-electron chi connectivity index (χ0n) is 12.3. The Morgan fingerprint density at radius 1 is 1.35 bits per heavy atom. The highest BCUT2D eigenvalue weighted by Gasteiger charge is 2.21. The van der Waals surface area contributed by atoms with Crippen molar-refractivity contribution in [3.63, 3.8) is 0 Å². The van der Waals surface area contributed by atoms with Crippen LogP contribution in [0.4, 0.5) is 0 Å². The van der Waals surface area contributed by atoms with Gasteiger partial charge in [0.05, 0.1) is 12.7 Å². The van der Waals surface area contributed by atoms with Gasteiger partial charge in [-0.1, -0.05) is 24.3 Å². The maximum Gasteiger partial charge on any atom is 0.0635 e. The summed E-state index contributed by atoms with van der Waals surface area (Å²) < 4.78 is 5.19. The van der Waals surface area contributed by atoms with E-state index in [1.54, 1.807) is 7.11 Å². The fourth-order valence-corrected chi connectivity index (χ4v) is 3.08. The summed E-state index contributed by atoms with van der Waals surface area (Å²) in [4.78, 5) is 2.37. The normalized spacial score (nSPS) is 17.8. The fourth-order valence-electron chi connectivity index (χ4n) is 3.08. The Morgan fingerprint density at radius 3 is 3.00 bits per heavy atom. The lowest BCUT2D eigenvalue weighted by Gasteiger charge is -2.31. The topological polar surface area (TPSA) is 36.3 Å². The van der Waals surface area contributed by atoms with E-state index in [2.05, 4.69) is 35.2 Å². The Hall–Kier alpha value is -1.37. The number of nitrogens with zero attached hydrogens (tertiary/aromatic N) is 2. The molecular formula is C17H24N2O. The van der Waals surface area contributed by atoms with Crippen molar-refractivity contribution in [1.29, 1.82) is 5.26 Å². The molecule has 20 heavy (non-hydrogen) atoms. The third kappa shape index (κ3) is 4.06. The first-order chi connectivity index (χ1) is 9.85. The number of hydrogen-bond donors (Lipinski definition) is 0. The highest BCUT2D eigenvalue weighted by atomic mass is 16.5. The van der Waals surface area contributed by atoms with Gasteiger partial charge >= 0.3 is 0 Å². The molecule has 0 bridgehead atoms. The van der Waals surface area contributed by atoms with Gasteiger partial charge in [-0.3, -0.25) is 4.90 Å². The van der Waals surface area contributed by atoms with Gasteiger partial charge in [0.25, 0.3) is 0 Å². The van der Waals surface area contributed by atoms with E-state index >= 15 is 0 Å². The molecule has 0 aliphatic heterocycles. The molecule has 0 saturated carbocycles. The van der Waals surface area contributed by atoms with Crippen LogP contribution in [0.5, 0.6) is 0 Å². The first kappa shape index (κ1) is 15.0. The van der Waals surface area contributed by atoms with Gasteiger partial charge in [0.1, 0.15) is 0 Å². The van der Waals surface area contributed by atoms with Crippen LogP contribution >= 0.6 is 0 Å². The summed E-state index contributed by atoms with van der Waals surface area (Å²) in [6.45, 7) is 3.54. The van der Waals surface area contributed by atoms with Gasteiger partial charge in [-0.15, -0.1) is 0 Å². The SMILES string of the molecule is COCCN(CCC#N)CC1CCCc2ccccc21. The van der Waals surface area contributed by atoms with E-state index in [0.717, 1.165) is 26.2 Å². The molecule has 1 aliphatic rings. The molecule has 0 heterocycles. The number of rotatable bonds is 7. The zero-order valence-corrected chi connectivity index (χ0v) is 12.3. The summed E-state index contributed by atoms with van der Waals surface area (Å²) in [5, 5.41) is 8.80. The van der Waals surface area contributed by atoms with Gasteiger partial charge in [-0.25, -0.2) is 0 Å². The predicted molar refractivity (Wildman–Crippen MR) is 80.7 cm³/mol. The average molecular weight is 272 g/mol. The van der Waals surface area contributed by atoms with E-state index in [4.69, 9.17) is 10.00 Å². The molecule has 0 aromatic heterocycles. The van der Waals surface area contributed by atoms with Crippen LogP contribution in [0.3, 0.4) is 0 Å². The van der Waals surface area contributed by atoms with Crippen LogP contribution in [0.2, 0.25) is 0 Å². The first-order valence-corrected chi connectivity index (χ1v) is 7.51. The van der Waals surface area contributed by atoms with Crippen molar-refractivity contribution in [3.05, 3.63) is 35.4 Å². The van der Waals surface area contributed by atoms with E-state index in [0.29, 0.717) is 12.3 Å². The number of fused-ring (bicyclic) bond motifs is 1. The van der Waals surface area contributed by atoms with Gasteiger partial charge in [-0.05, 0) is 36.3 Å². The first-order valence-electron chi connectivity index (χ1n) is 7.51. The lowest BCUT2D eigenvalue weighted by molar-refractivity contribution is 0.143. The molecular weight excluding hydrogens is 248 g/mol. The van der Waals surface area contributed by atoms with Crippen LogP contribution < -0.4 is 0 Å². The molecule has 0 amide bonds. The molecule has 1 atom stereocenters. The minimum atomic E-state index is 0.595. The second-order valence-electron chi connectivity index (χ2n) is 5.49.